The fraction of sp³-hybridized carbons (Fsp3) is 0. The molecule has 0 bridgehead atoms. The second-order valence-corrected chi connectivity index (χ2v) is 4.55. The molecule has 0 aliphatic heterocycles. The predicted molar refractivity (Wildman–Crippen MR) is 82.9 cm³/mol. The number of carbonyl (C=O) groups excluding carboxylic acids is 1. The van der Waals surface area contributed by atoms with Gasteiger partial charge in [0.15, 0.2) is 0 Å². The molecule has 0 unspecified atom stereocenters. The summed E-state index contributed by atoms with van der Waals surface area (Å²) in [5.74, 6) is -0.835. The van der Waals surface area contributed by atoms with E-state index in [2.05, 4.69) is 10.5 Å². The van der Waals surface area contributed by atoms with Crippen LogP contribution in [0.25, 0.3) is 0 Å². The molecule has 10 heteroatoms. The monoisotopic (exact) mass is 330 g/mol. The largest absolute Gasteiger partial charge is 0.508 e. The first-order valence-electron chi connectivity index (χ1n) is 6.43. The van der Waals surface area contributed by atoms with Crippen molar-refractivity contribution in [2.45, 2.75) is 0 Å². The van der Waals surface area contributed by atoms with E-state index in [0.717, 1.165) is 18.2 Å². The lowest BCUT2D eigenvalue weighted by Crippen LogP contribution is -2.18. The first-order chi connectivity index (χ1) is 11.4. The average molecular weight is 330 g/mol. The van der Waals surface area contributed by atoms with Gasteiger partial charge in [0.25, 0.3) is 17.3 Å². The van der Waals surface area contributed by atoms with Crippen molar-refractivity contribution >= 4 is 23.5 Å². The summed E-state index contributed by atoms with van der Waals surface area (Å²) in [5.41, 5.74) is 1.17. The van der Waals surface area contributed by atoms with Crippen molar-refractivity contribution in [3.05, 3.63) is 73.8 Å². The molecule has 0 atom stereocenters. The molecular formula is C14H10N4O6. The molecule has 0 aromatic heterocycles. The van der Waals surface area contributed by atoms with Crippen molar-refractivity contribution in [3.63, 3.8) is 0 Å². The number of hydrogen-bond donors (Lipinski definition) is 2. The van der Waals surface area contributed by atoms with Crippen LogP contribution in [0.1, 0.15) is 15.9 Å². The number of nitrogens with one attached hydrogen (secondary N) is 1. The topological polar surface area (TPSA) is 148 Å². The van der Waals surface area contributed by atoms with E-state index in [1.165, 1.54) is 18.3 Å². The Hall–Kier alpha value is -3.82. The summed E-state index contributed by atoms with van der Waals surface area (Å²) < 4.78 is 0. The number of nitro benzene ring substituents is 2. The van der Waals surface area contributed by atoms with Crippen LogP contribution in [-0.4, -0.2) is 27.1 Å². The molecule has 122 valence electrons. The Morgan fingerprint density at radius 3 is 2.25 bits per heavy atom. The lowest BCUT2D eigenvalue weighted by Gasteiger charge is -2.01. The first kappa shape index (κ1) is 16.5. The SMILES string of the molecule is O=C(N/N=C/c1cccc(O)c1)c1cc([N+](=O)[O-])cc([N+](=O)[O-])c1. The maximum Gasteiger partial charge on any atom is 0.277 e. The van der Waals surface area contributed by atoms with Crippen LogP contribution in [0.5, 0.6) is 5.75 Å². The number of hydrazone groups is 1. The van der Waals surface area contributed by atoms with Crippen molar-refractivity contribution in [2.24, 2.45) is 5.10 Å². The van der Waals surface area contributed by atoms with Gasteiger partial charge < -0.3 is 5.11 Å². The number of phenols is 1. The van der Waals surface area contributed by atoms with Gasteiger partial charge in [0.05, 0.1) is 27.7 Å². The Balaban J connectivity index is 2.20. The Morgan fingerprint density at radius 2 is 1.71 bits per heavy atom. The van der Waals surface area contributed by atoms with E-state index in [0.29, 0.717) is 5.56 Å². The highest BCUT2D eigenvalue weighted by Gasteiger charge is 2.19. The minimum atomic E-state index is -0.849. The Bertz CT molecular complexity index is 817. The molecule has 2 rings (SSSR count). The Labute approximate surface area is 134 Å². The van der Waals surface area contributed by atoms with E-state index in [4.69, 9.17) is 0 Å². The maximum absolute atomic E-state index is 11.9. The second-order valence-electron chi connectivity index (χ2n) is 4.55. The van der Waals surface area contributed by atoms with Crippen LogP contribution in [0.4, 0.5) is 11.4 Å². The molecule has 0 aliphatic carbocycles. The molecule has 0 saturated carbocycles. The van der Waals surface area contributed by atoms with Gasteiger partial charge in [0.2, 0.25) is 0 Å². The molecular weight excluding hydrogens is 320 g/mol. The molecule has 0 radical (unpaired) electrons. The highest BCUT2D eigenvalue weighted by molar-refractivity contribution is 5.96. The zero-order valence-corrected chi connectivity index (χ0v) is 11.9. The summed E-state index contributed by atoms with van der Waals surface area (Å²) >= 11 is 0. The highest BCUT2D eigenvalue weighted by atomic mass is 16.6. The van der Waals surface area contributed by atoms with Gasteiger partial charge in [-0.1, -0.05) is 12.1 Å². The van der Waals surface area contributed by atoms with Crippen LogP contribution in [0, 0.1) is 20.2 Å². The lowest BCUT2D eigenvalue weighted by atomic mass is 10.1. The fourth-order valence-electron chi connectivity index (χ4n) is 1.77. The molecule has 0 fully saturated rings. The minimum Gasteiger partial charge on any atom is -0.508 e. The Morgan fingerprint density at radius 1 is 1.08 bits per heavy atom. The Kier molecular flexibility index (Phi) is 4.80. The molecule has 0 aliphatic rings. The molecule has 24 heavy (non-hydrogen) atoms. The number of benzene rings is 2. The number of phenolic OH excluding ortho intramolecular Hbond substituents is 1. The van der Waals surface area contributed by atoms with Crippen molar-refractivity contribution in [2.75, 3.05) is 0 Å². The maximum atomic E-state index is 11.9. The number of nitrogens with zero attached hydrogens (tertiary/aromatic N) is 3. The van der Waals surface area contributed by atoms with Crippen LogP contribution < -0.4 is 5.43 Å². The van der Waals surface area contributed by atoms with Crippen molar-refractivity contribution < 1.29 is 19.7 Å². The molecule has 2 aromatic rings. The van der Waals surface area contributed by atoms with E-state index in [9.17, 15) is 30.1 Å². The van der Waals surface area contributed by atoms with Crippen LogP contribution in [0.2, 0.25) is 0 Å². The van der Waals surface area contributed by atoms with Gasteiger partial charge in [0, 0.05) is 12.1 Å². The van der Waals surface area contributed by atoms with Crippen LogP contribution in [0.15, 0.2) is 47.6 Å². The molecule has 0 spiro atoms. The third kappa shape index (κ3) is 4.10. The van der Waals surface area contributed by atoms with Gasteiger partial charge in [-0.2, -0.15) is 5.10 Å². The summed E-state index contributed by atoms with van der Waals surface area (Å²) in [6, 6.07) is 8.62. The number of carbonyl (C=O) groups is 1. The van der Waals surface area contributed by atoms with Crippen LogP contribution in [-0.2, 0) is 0 Å². The van der Waals surface area contributed by atoms with Crippen LogP contribution in [0.3, 0.4) is 0 Å². The second kappa shape index (κ2) is 6.96. The highest BCUT2D eigenvalue weighted by Crippen LogP contribution is 2.22. The quantitative estimate of drug-likeness (QED) is 0.486. The number of non-ortho nitro benzene ring substituents is 2. The van der Waals surface area contributed by atoms with E-state index in [1.807, 2.05) is 0 Å². The van der Waals surface area contributed by atoms with Gasteiger partial charge in [-0.25, -0.2) is 5.43 Å². The van der Waals surface area contributed by atoms with Crippen molar-refractivity contribution in [3.8, 4) is 5.75 Å². The van der Waals surface area contributed by atoms with Gasteiger partial charge in [-0.15, -0.1) is 0 Å². The number of amides is 1. The van der Waals surface area contributed by atoms with E-state index < -0.39 is 27.1 Å². The normalized spacial score (nSPS) is 10.5. The lowest BCUT2D eigenvalue weighted by molar-refractivity contribution is -0.394. The fourth-order valence-corrected chi connectivity index (χ4v) is 1.77. The van der Waals surface area contributed by atoms with Crippen molar-refractivity contribution in [1.29, 1.82) is 0 Å². The minimum absolute atomic E-state index is 0.0135. The van der Waals surface area contributed by atoms with E-state index in [-0.39, 0.29) is 11.3 Å². The third-order valence-corrected chi connectivity index (χ3v) is 2.84. The number of aromatic hydroxyl groups is 1. The van der Waals surface area contributed by atoms with Gasteiger partial charge in [-0.05, 0) is 17.7 Å². The summed E-state index contributed by atoms with van der Waals surface area (Å²) in [6.45, 7) is 0. The first-order valence-corrected chi connectivity index (χ1v) is 6.43. The van der Waals surface area contributed by atoms with Crippen molar-refractivity contribution in [1.82, 2.24) is 5.43 Å². The zero-order valence-electron chi connectivity index (χ0n) is 11.9. The van der Waals surface area contributed by atoms with Gasteiger partial charge >= 0.3 is 0 Å². The molecule has 10 nitrogen and oxygen atoms in total. The predicted octanol–water partition coefficient (Wildman–Crippen LogP) is 1.97. The molecule has 0 heterocycles. The molecule has 1 amide bonds. The number of nitro groups is 2. The summed E-state index contributed by atoms with van der Waals surface area (Å²) in [5, 5.41) is 34.5. The number of hydrogen-bond acceptors (Lipinski definition) is 7. The average Bonchev–Trinajstić information content (AvgIpc) is 2.54. The summed E-state index contributed by atoms with van der Waals surface area (Å²) in [4.78, 5) is 31.8. The number of rotatable bonds is 5. The van der Waals surface area contributed by atoms with E-state index >= 15 is 0 Å². The van der Waals surface area contributed by atoms with Gasteiger partial charge in [0.1, 0.15) is 5.75 Å². The summed E-state index contributed by atoms with van der Waals surface area (Å²) in [6.07, 6.45) is 1.24. The molecule has 2 N–H and O–H groups in total. The third-order valence-electron chi connectivity index (χ3n) is 2.84. The van der Waals surface area contributed by atoms with E-state index in [1.54, 1.807) is 12.1 Å². The zero-order chi connectivity index (χ0) is 17.7. The van der Waals surface area contributed by atoms with Crippen LogP contribution >= 0.6 is 0 Å². The molecule has 2 aromatic carbocycles. The molecule has 0 saturated heterocycles. The van der Waals surface area contributed by atoms with Gasteiger partial charge in [-0.3, -0.25) is 25.0 Å². The smallest absolute Gasteiger partial charge is 0.277 e. The summed E-state index contributed by atoms with van der Waals surface area (Å²) in [7, 11) is 0. The standard InChI is InChI=1S/C14H10N4O6/c19-13-3-1-2-9(4-13)8-15-16-14(20)10-5-11(17(21)22)7-12(6-10)18(23)24/h1-8,19H,(H,16,20)/b15-8+.